The summed E-state index contributed by atoms with van der Waals surface area (Å²) in [6.45, 7) is 1.03. The standard InChI is InChI=1S/C23H18Cl2N6O2/c1-33-10-4-9-30-13-26-21-19(23(30)32)20-22(29-18-6-3-2-5-17(18)28-20)31(21)27-12-14-7-8-15(24)16(25)11-14/h2-3,5-8,11-13H,4,9-10H2,1H3/b27-12+. The van der Waals surface area contributed by atoms with Gasteiger partial charge in [0, 0.05) is 20.3 Å². The summed E-state index contributed by atoms with van der Waals surface area (Å²) < 4.78 is 8.20. The second kappa shape index (κ2) is 8.90. The lowest BCUT2D eigenvalue weighted by Crippen LogP contribution is -2.21. The average molecular weight is 481 g/mol. The van der Waals surface area contributed by atoms with E-state index in [2.05, 4.69) is 10.1 Å². The van der Waals surface area contributed by atoms with Crippen LogP contribution >= 0.6 is 23.2 Å². The molecule has 0 spiro atoms. The summed E-state index contributed by atoms with van der Waals surface area (Å²) in [7, 11) is 1.63. The predicted molar refractivity (Wildman–Crippen MR) is 131 cm³/mol. The van der Waals surface area contributed by atoms with Crippen molar-refractivity contribution in [3.8, 4) is 0 Å². The largest absolute Gasteiger partial charge is 0.385 e. The fourth-order valence-electron chi connectivity index (χ4n) is 3.62. The van der Waals surface area contributed by atoms with Crippen molar-refractivity contribution in [2.75, 3.05) is 13.7 Å². The molecule has 0 aliphatic carbocycles. The van der Waals surface area contributed by atoms with Crippen LogP contribution in [0.2, 0.25) is 10.0 Å². The van der Waals surface area contributed by atoms with Crippen LogP contribution in [-0.2, 0) is 11.3 Å². The minimum atomic E-state index is -0.200. The van der Waals surface area contributed by atoms with Crippen molar-refractivity contribution >= 4 is 62.6 Å². The van der Waals surface area contributed by atoms with Gasteiger partial charge in [0.05, 0.1) is 33.6 Å². The van der Waals surface area contributed by atoms with E-state index in [0.29, 0.717) is 62.8 Å². The minimum Gasteiger partial charge on any atom is -0.385 e. The molecule has 0 aliphatic heterocycles. The first-order valence-electron chi connectivity index (χ1n) is 10.2. The maximum absolute atomic E-state index is 13.4. The van der Waals surface area contributed by atoms with Gasteiger partial charge in [-0.1, -0.05) is 41.4 Å². The molecule has 0 saturated carbocycles. The number of methoxy groups -OCH3 is 1. The van der Waals surface area contributed by atoms with Crippen molar-refractivity contribution < 1.29 is 4.74 Å². The second-order valence-corrected chi connectivity index (χ2v) is 8.22. The van der Waals surface area contributed by atoms with Crippen LogP contribution in [0.25, 0.3) is 33.2 Å². The van der Waals surface area contributed by atoms with Gasteiger partial charge < -0.3 is 4.74 Å². The number of halogens is 2. The van der Waals surface area contributed by atoms with Crippen LogP contribution in [0.3, 0.4) is 0 Å². The Kier molecular flexibility index (Phi) is 5.80. The molecule has 0 N–H and O–H groups in total. The minimum absolute atomic E-state index is 0.200. The Hall–Kier alpha value is -3.33. The summed E-state index contributed by atoms with van der Waals surface area (Å²) in [6.07, 6.45) is 3.82. The fraction of sp³-hybridized carbons (Fsp3) is 0.174. The van der Waals surface area contributed by atoms with E-state index in [4.69, 9.17) is 37.9 Å². The second-order valence-electron chi connectivity index (χ2n) is 7.40. The van der Waals surface area contributed by atoms with Gasteiger partial charge in [0.1, 0.15) is 10.9 Å². The van der Waals surface area contributed by atoms with Gasteiger partial charge in [-0.25, -0.2) is 15.0 Å². The van der Waals surface area contributed by atoms with Crippen LogP contribution in [-0.4, -0.2) is 44.1 Å². The molecule has 33 heavy (non-hydrogen) atoms. The molecule has 0 bridgehead atoms. The van der Waals surface area contributed by atoms with Crippen LogP contribution in [0.5, 0.6) is 0 Å². The Bertz CT molecular complexity index is 1590. The van der Waals surface area contributed by atoms with Crippen molar-refractivity contribution in [1.29, 1.82) is 0 Å². The highest BCUT2D eigenvalue weighted by atomic mass is 35.5. The maximum atomic E-state index is 13.4. The van der Waals surface area contributed by atoms with Crippen LogP contribution < -0.4 is 5.56 Å². The van der Waals surface area contributed by atoms with Gasteiger partial charge in [-0.3, -0.25) is 9.36 Å². The molecule has 0 saturated heterocycles. The Labute approximate surface area is 198 Å². The van der Waals surface area contributed by atoms with Crippen molar-refractivity contribution in [1.82, 2.24) is 24.2 Å². The zero-order valence-corrected chi connectivity index (χ0v) is 19.1. The van der Waals surface area contributed by atoms with E-state index < -0.39 is 0 Å². The third-order valence-electron chi connectivity index (χ3n) is 5.22. The van der Waals surface area contributed by atoms with Crippen LogP contribution in [0.15, 0.2) is 58.7 Å². The first-order chi connectivity index (χ1) is 16.1. The van der Waals surface area contributed by atoms with Crippen LogP contribution in [0.4, 0.5) is 0 Å². The zero-order chi connectivity index (χ0) is 22.9. The monoisotopic (exact) mass is 480 g/mol. The van der Waals surface area contributed by atoms with Gasteiger partial charge in [0.2, 0.25) is 0 Å². The highest BCUT2D eigenvalue weighted by molar-refractivity contribution is 6.42. The Balaban J connectivity index is 1.74. The van der Waals surface area contributed by atoms with Crippen LogP contribution in [0.1, 0.15) is 12.0 Å². The highest BCUT2D eigenvalue weighted by Gasteiger charge is 2.19. The Morgan fingerprint density at radius 1 is 1.06 bits per heavy atom. The number of hydrogen-bond donors (Lipinski definition) is 0. The Morgan fingerprint density at radius 2 is 1.85 bits per heavy atom. The van der Waals surface area contributed by atoms with Gasteiger partial charge in [-0.2, -0.15) is 9.78 Å². The van der Waals surface area contributed by atoms with E-state index >= 15 is 0 Å². The van der Waals surface area contributed by atoms with E-state index in [1.807, 2.05) is 24.3 Å². The van der Waals surface area contributed by atoms with Crippen molar-refractivity contribution in [3.63, 3.8) is 0 Å². The molecule has 3 heterocycles. The molecule has 0 unspecified atom stereocenters. The normalized spacial score (nSPS) is 12.0. The molecule has 0 fully saturated rings. The number of nitrogens with zero attached hydrogens (tertiary/aromatic N) is 6. The van der Waals surface area contributed by atoms with E-state index in [0.717, 1.165) is 5.56 Å². The number of aromatic nitrogens is 5. The summed E-state index contributed by atoms with van der Waals surface area (Å²) in [5.74, 6) is 0. The van der Waals surface area contributed by atoms with Gasteiger partial charge in [-0.05, 0) is 36.2 Å². The molecule has 166 valence electrons. The summed E-state index contributed by atoms with van der Waals surface area (Å²) in [6, 6.07) is 12.7. The van der Waals surface area contributed by atoms with Crippen molar-refractivity contribution in [3.05, 3.63) is 74.8 Å². The van der Waals surface area contributed by atoms with Crippen LogP contribution in [0, 0.1) is 0 Å². The Morgan fingerprint density at radius 3 is 2.61 bits per heavy atom. The quantitative estimate of drug-likeness (QED) is 0.263. The SMILES string of the molecule is COCCCn1cnc2c(c1=O)c1nc3ccccc3nc1n2/N=C/c1ccc(Cl)c(Cl)c1. The molecule has 2 aromatic carbocycles. The lowest BCUT2D eigenvalue weighted by atomic mass is 10.2. The number of ether oxygens (including phenoxy) is 1. The maximum Gasteiger partial charge on any atom is 0.265 e. The van der Waals surface area contributed by atoms with Gasteiger partial charge in [0.15, 0.2) is 11.3 Å². The summed E-state index contributed by atoms with van der Waals surface area (Å²) >= 11 is 12.1. The van der Waals surface area contributed by atoms with Gasteiger partial charge >= 0.3 is 0 Å². The number of fused-ring (bicyclic) bond motifs is 4. The number of aryl methyl sites for hydroxylation is 1. The molecule has 5 rings (SSSR count). The highest BCUT2D eigenvalue weighted by Crippen LogP contribution is 2.25. The molecule has 8 nitrogen and oxygen atoms in total. The lowest BCUT2D eigenvalue weighted by molar-refractivity contribution is 0.190. The number of hydrogen-bond acceptors (Lipinski definition) is 6. The predicted octanol–water partition coefficient (Wildman–Crippen LogP) is 4.52. The third-order valence-corrected chi connectivity index (χ3v) is 5.96. The average Bonchev–Trinajstić information content (AvgIpc) is 3.13. The molecule has 0 atom stereocenters. The first kappa shape index (κ1) is 21.5. The summed E-state index contributed by atoms with van der Waals surface area (Å²) in [5.41, 5.74) is 3.19. The molecular weight excluding hydrogens is 463 g/mol. The molecule has 0 amide bonds. The number of benzene rings is 2. The van der Waals surface area contributed by atoms with Crippen molar-refractivity contribution in [2.24, 2.45) is 5.10 Å². The molecule has 3 aromatic heterocycles. The van der Waals surface area contributed by atoms with E-state index in [9.17, 15) is 4.79 Å². The van der Waals surface area contributed by atoms with Gasteiger partial charge in [-0.15, -0.1) is 0 Å². The molecular formula is C23H18Cl2N6O2. The van der Waals surface area contributed by atoms with E-state index in [1.165, 1.54) is 11.0 Å². The molecule has 10 heteroatoms. The van der Waals surface area contributed by atoms with E-state index in [-0.39, 0.29) is 5.56 Å². The zero-order valence-electron chi connectivity index (χ0n) is 17.6. The summed E-state index contributed by atoms with van der Waals surface area (Å²) in [5, 5.41) is 5.82. The van der Waals surface area contributed by atoms with E-state index in [1.54, 1.807) is 36.1 Å². The third kappa shape index (κ3) is 3.97. The molecule has 5 aromatic rings. The number of rotatable bonds is 6. The molecule has 0 aliphatic rings. The first-order valence-corrected chi connectivity index (χ1v) is 11.0. The fourth-order valence-corrected chi connectivity index (χ4v) is 3.93. The van der Waals surface area contributed by atoms with Gasteiger partial charge in [0.25, 0.3) is 5.56 Å². The number of para-hydroxylation sites is 2. The van der Waals surface area contributed by atoms with Crippen molar-refractivity contribution in [2.45, 2.75) is 13.0 Å². The lowest BCUT2D eigenvalue weighted by Gasteiger charge is -2.05. The molecule has 0 radical (unpaired) electrons. The smallest absolute Gasteiger partial charge is 0.265 e. The topological polar surface area (TPSA) is 87.2 Å². The summed E-state index contributed by atoms with van der Waals surface area (Å²) in [4.78, 5) is 27.4.